The molecule has 0 saturated heterocycles. The highest BCUT2D eigenvalue weighted by Crippen LogP contribution is 2.53. The third-order valence-electron chi connectivity index (χ3n) is 12.9. The van der Waals surface area contributed by atoms with Gasteiger partial charge in [-0.3, -0.25) is 0 Å². The first-order chi connectivity index (χ1) is 29.0. The molecule has 0 amide bonds. The maximum Gasteiger partial charge on any atom is 0.136 e. The molecule has 1 aromatic heterocycles. The Balaban J connectivity index is 1.16. The molecule has 0 atom stereocenters. The van der Waals surface area contributed by atoms with E-state index in [9.17, 15) is 0 Å². The highest BCUT2D eigenvalue weighted by atomic mass is 16.3. The molecule has 1 aliphatic carbocycles. The third-order valence-corrected chi connectivity index (χ3v) is 12.9. The van der Waals surface area contributed by atoms with Crippen LogP contribution in [-0.2, 0) is 5.41 Å². The van der Waals surface area contributed by atoms with Crippen LogP contribution in [0.2, 0.25) is 0 Å². The van der Waals surface area contributed by atoms with E-state index in [4.69, 9.17) is 4.42 Å². The van der Waals surface area contributed by atoms with Crippen LogP contribution in [-0.4, -0.2) is 0 Å². The van der Waals surface area contributed by atoms with Crippen LogP contribution in [0.15, 0.2) is 205 Å². The minimum absolute atomic E-state index is 0.152. The number of rotatable bonds is 5. The van der Waals surface area contributed by atoms with E-state index in [-0.39, 0.29) is 5.41 Å². The lowest BCUT2D eigenvalue weighted by atomic mass is 9.82. The molecule has 0 fully saturated rings. The first-order valence-electron chi connectivity index (χ1n) is 20.5. The van der Waals surface area contributed by atoms with Crippen molar-refractivity contribution in [3.63, 3.8) is 0 Å². The molecule has 2 nitrogen and oxygen atoms in total. The molecule has 1 heterocycles. The quantitative estimate of drug-likeness (QED) is 0.163. The van der Waals surface area contributed by atoms with Gasteiger partial charge in [-0.2, -0.15) is 0 Å². The monoisotopic (exact) mass is 753 g/mol. The summed E-state index contributed by atoms with van der Waals surface area (Å²) in [7, 11) is 0. The van der Waals surface area contributed by atoms with Crippen molar-refractivity contribution in [2.45, 2.75) is 19.3 Å². The van der Waals surface area contributed by atoms with Crippen molar-refractivity contribution in [3.8, 4) is 33.4 Å². The summed E-state index contributed by atoms with van der Waals surface area (Å²) >= 11 is 0. The molecule has 0 bridgehead atoms. The highest BCUT2D eigenvalue weighted by Gasteiger charge is 2.36. The van der Waals surface area contributed by atoms with E-state index in [1.165, 1.54) is 82.2 Å². The fourth-order valence-corrected chi connectivity index (χ4v) is 10.1. The Morgan fingerprint density at radius 1 is 0.356 bits per heavy atom. The summed E-state index contributed by atoms with van der Waals surface area (Å²) in [4.78, 5) is 2.52. The summed E-state index contributed by atoms with van der Waals surface area (Å²) in [6.07, 6.45) is 0. The van der Waals surface area contributed by atoms with E-state index < -0.39 is 0 Å². The Labute approximate surface area is 343 Å². The third kappa shape index (κ3) is 5.00. The molecule has 0 aliphatic heterocycles. The Hall–Kier alpha value is -7.42. The lowest BCUT2D eigenvalue weighted by molar-refractivity contribution is 0.660. The van der Waals surface area contributed by atoms with Gasteiger partial charge in [0, 0.05) is 38.2 Å². The lowest BCUT2D eigenvalue weighted by Gasteiger charge is -2.31. The summed E-state index contributed by atoms with van der Waals surface area (Å²) in [6.45, 7) is 4.73. The molecule has 0 N–H and O–H groups in total. The number of hydrogen-bond donors (Lipinski definition) is 0. The topological polar surface area (TPSA) is 16.4 Å². The molecule has 0 spiro atoms. The van der Waals surface area contributed by atoms with Crippen LogP contribution in [0.25, 0.3) is 87.6 Å². The predicted octanol–water partition coefficient (Wildman–Crippen LogP) is 16.2. The number of benzene rings is 10. The standard InChI is InChI=1S/C57H39NO/c1-57(2)48-23-11-8-18-41(48)42-32-31-39(35-49(42)57)58(50-24-12-9-17-40(50)38-29-27-37(28-30-38)36-15-4-3-5-16-36)51-25-14-22-44-46-33-34-53-56(47-21-10-13-26-52(47)59-53)55(46)45-20-7-6-19-43(45)54(44)51/h3-35H,1-2H3. The summed E-state index contributed by atoms with van der Waals surface area (Å²) in [5.41, 5.74) is 15.2. The SMILES string of the molecule is CC1(C)c2ccccc2-c2ccc(N(c3ccccc3-c3ccc(-c4ccccc4)cc3)c3cccc4c5ccc6oc7ccccc7c6c5c5ccccc5c34)cc21. The second kappa shape index (κ2) is 12.8. The van der Waals surface area contributed by atoms with Crippen LogP contribution in [0.1, 0.15) is 25.0 Å². The van der Waals surface area contributed by atoms with Crippen molar-refractivity contribution >= 4 is 71.3 Å². The minimum atomic E-state index is -0.152. The molecule has 0 unspecified atom stereocenters. The maximum atomic E-state index is 6.46. The zero-order valence-electron chi connectivity index (χ0n) is 32.9. The molecule has 0 radical (unpaired) electrons. The molecular formula is C57H39NO. The smallest absolute Gasteiger partial charge is 0.136 e. The van der Waals surface area contributed by atoms with Crippen molar-refractivity contribution in [1.82, 2.24) is 0 Å². The van der Waals surface area contributed by atoms with Gasteiger partial charge in [0.15, 0.2) is 0 Å². The molecule has 59 heavy (non-hydrogen) atoms. The number of furan rings is 1. The molecule has 0 saturated carbocycles. The average molecular weight is 754 g/mol. The molecule has 2 heteroatoms. The van der Waals surface area contributed by atoms with Crippen molar-refractivity contribution in [1.29, 1.82) is 0 Å². The predicted molar refractivity (Wildman–Crippen MR) is 249 cm³/mol. The lowest BCUT2D eigenvalue weighted by Crippen LogP contribution is -2.17. The van der Waals surface area contributed by atoms with Crippen LogP contribution in [0.4, 0.5) is 17.1 Å². The Bertz CT molecular complexity index is 3430. The highest BCUT2D eigenvalue weighted by molar-refractivity contribution is 6.36. The second-order valence-electron chi connectivity index (χ2n) is 16.4. The van der Waals surface area contributed by atoms with Gasteiger partial charge in [0.2, 0.25) is 0 Å². The molecule has 278 valence electrons. The van der Waals surface area contributed by atoms with E-state index in [1.54, 1.807) is 0 Å². The van der Waals surface area contributed by atoms with Gasteiger partial charge < -0.3 is 9.32 Å². The van der Waals surface area contributed by atoms with Gasteiger partial charge in [-0.1, -0.05) is 172 Å². The summed E-state index contributed by atoms with van der Waals surface area (Å²) in [5.74, 6) is 0. The van der Waals surface area contributed by atoms with Crippen LogP contribution in [0.5, 0.6) is 0 Å². The number of fused-ring (bicyclic) bond motifs is 13. The summed E-state index contributed by atoms with van der Waals surface area (Å²) < 4.78 is 6.46. The van der Waals surface area contributed by atoms with E-state index in [0.717, 1.165) is 33.6 Å². The first-order valence-corrected chi connectivity index (χ1v) is 20.5. The zero-order chi connectivity index (χ0) is 39.2. The van der Waals surface area contributed by atoms with Gasteiger partial charge >= 0.3 is 0 Å². The van der Waals surface area contributed by atoms with E-state index in [0.29, 0.717) is 0 Å². The van der Waals surface area contributed by atoms with Crippen LogP contribution in [0, 0.1) is 0 Å². The molecule has 11 aromatic rings. The summed E-state index contributed by atoms with van der Waals surface area (Å²) in [5, 5.41) is 9.63. The van der Waals surface area contributed by atoms with Gasteiger partial charge in [-0.25, -0.2) is 0 Å². The van der Waals surface area contributed by atoms with Crippen molar-refractivity contribution in [2.24, 2.45) is 0 Å². The largest absolute Gasteiger partial charge is 0.456 e. The van der Waals surface area contributed by atoms with E-state index in [1.807, 2.05) is 0 Å². The fraction of sp³-hybridized carbons (Fsp3) is 0.0526. The van der Waals surface area contributed by atoms with Crippen LogP contribution >= 0.6 is 0 Å². The van der Waals surface area contributed by atoms with Gasteiger partial charge in [0.05, 0.1) is 11.4 Å². The second-order valence-corrected chi connectivity index (χ2v) is 16.4. The van der Waals surface area contributed by atoms with Crippen molar-refractivity contribution in [3.05, 3.63) is 211 Å². The van der Waals surface area contributed by atoms with Crippen molar-refractivity contribution in [2.75, 3.05) is 4.90 Å². The number of para-hydroxylation sites is 2. The number of hydrogen-bond acceptors (Lipinski definition) is 2. The van der Waals surface area contributed by atoms with Gasteiger partial charge in [-0.15, -0.1) is 0 Å². The first kappa shape index (κ1) is 33.7. The summed E-state index contributed by atoms with van der Waals surface area (Å²) in [6, 6.07) is 73.2. The minimum Gasteiger partial charge on any atom is -0.456 e. The van der Waals surface area contributed by atoms with E-state index in [2.05, 4.69) is 219 Å². The van der Waals surface area contributed by atoms with Crippen LogP contribution < -0.4 is 4.90 Å². The maximum absolute atomic E-state index is 6.46. The Morgan fingerprint density at radius 2 is 0.932 bits per heavy atom. The van der Waals surface area contributed by atoms with Gasteiger partial charge in [0.1, 0.15) is 11.2 Å². The van der Waals surface area contributed by atoms with Crippen LogP contribution in [0.3, 0.4) is 0 Å². The fourth-order valence-electron chi connectivity index (χ4n) is 10.1. The Kier molecular flexibility index (Phi) is 7.31. The number of nitrogens with zero attached hydrogens (tertiary/aromatic N) is 1. The van der Waals surface area contributed by atoms with Gasteiger partial charge in [-0.05, 0) is 103 Å². The normalized spacial score (nSPS) is 13.1. The van der Waals surface area contributed by atoms with E-state index >= 15 is 0 Å². The average Bonchev–Trinajstić information content (AvgIpc) is 3.79. The molecule has 10 aromatic carbocycles. The number of anilines is 3. The molecular weight excluding hydrogens is 715 g/mol. The molecule has 1 aliphatic rings. The zero-order valence-corrected chi connectivity index (χ0v) is 32.9. The van der Waals surface area contributed by atoms with Crippen molar-refractivity contribution < 1.29 is 4.42 Å². The Morgan fingerprint density at radius 3 is 1.75 bits per heavy atom. The molecule has 12 rings (SSSR count). The van der Waals surface area contributed by atoms with Gasteiger partial charge in [0.25, 0.3) is 0 Å².